The van der Waals surface area contributed by atoms with Gasteiger partial charge in [0.15, 0.2) is 0 Å². The van der Waals surface area contributed by atoms with Gasteiger partial charge < -0.3 is 5.73 Å². The van der Waals surface area contributed by atoms with Crippen molar-refractivity contribution in [1.29, 1.82) is 0 Å². The van der Waals surface area contributed by atoms with Crippen molar-refractivity contribution in [2.75, 3.05) is 5.73 Å². The minimum Gasteiger partial charge on any atom is -0.399 e. The van der Waals surface area contributed by atoms with Gasteiger partial charge >= 0.3 is 0 Å². The minimum atomic E-state index is 0.414. The van der Waals surface area contributed by atoms with E-state index in [1.54, 1.807) is 0 Å². The van der Waals surface area contributed by atoms with Crippen LogP contribution in [0, 0.1) is 0 Å². The molecule has 0 saturated heterocycles. The molecular weight excluding hydrogens is 262 g/mol. The molecule has 0 amide bonds. The van der Waals surface area contributed by atoms with Gasteiger partial charge in [-0.05, 0) is 47.5 Å². The third kappa shape index (κ3) is 2.81. The Labute approximate surface area is 123 Å². The van der Waals surface area contributed by atoms with Crippen LogP contribution in [0.5, 0.6) is 0 Å². The van der Waals surface area contributed by atoms with Crippen LogP contribution in [0.25, 0.3) is 10.8 Å². The van der Waals surface area contributed by atoms with E-state index in [1.807, 2.05) is 23.9 Å². The van der Waals surface area contributed by atoms with Gasteiger partial charge in [0.1, 0.15) is 0 Å². The van der Waals surface area contributed by atoms with Gasteiger partial charge in [-0.15, -0.1) is 11.8 Å². The zero-order valence-corrected chi connectivity index (χ0v) is 12.2. The molecule has 0 aliphatic rings. The van der Waals surface area contributed by atoms with E-state index in [-0.39, 0.29) is 0 Å². The molecule has 0 spiro atoms. The molecular formula is C18H17NS. The van der Waals surface area contributed by atoms with Crippen LogP contribution in [0.1, 0.15) is 17.7 Å². The van der Waals surface area contributed by atoms with Crippen molar-refractivity contribution >= 4 is 28.2 Å². The smallest absolute Gasteiger partial charge is 0.0316 e. The summed E-state index contributed by atoms with van der Waals surface area (Å²) in [5.41, 5.74) is 7.85. The van der Waals surface area contributed by atoms with Gasteiger partial charge in [-0.25, -0.2) is 0 Å². The van der Waals surface area contributed by atoms with Gasteiger partial charge in [0.25, 0.3) is 0 Å². The molecule has 0 saturated carbocycles. The average molecular weight is 279 g/mol. The van der Waals surface area contributed by atoms with Crippen LogP contribution < -0.4 is 5.73 Å². The highest BCUT2D eigenvalue weighted by atomic mass is 32.2. The van der Waals surface area contributed by atoms with E-state index >= 15 is 0 Å². The van der Waals surface area contributed by atoms with Crippen molar-refractivity contribution in [1.82, 2.24) is 0 Å². The number of fused-ring (bicyclic) bond motifs is 1. The minimum absolute atomic E-state index is 0.414. The van der Waals surface area contributed by atoms with Gasteiger partial charge in [-0.2, -0.15) is 0 Å². The molecule has 0 bridgehead atoms. The molecule has 0 aliphatic carbocycles. The molecule has 0 fully saturated rings. The number of thioether (sulfide) groups is 1. The monoisotopic (exact) mass is 279 g/mol. The predicted molar refractivity (Wildman–Crippen MR) is 89.1 cm³/mol. The Bertz CT molecular complexity index is 719. The lowest BCUT2D eigenvalue weighted by Gasteiger charge is -2.12. The first-order valence-corrected chi connectivity index (χ1v) is 7.61. The second kappa shape index (κ2) is 5.59. The lowest BCUT2D eigenvalue weighted by atomic mass is 10.1. The molecule has 100 valence electrons. The van der Waals surface area contributed by atoms with Gasteiger partial charge in [0.2, 0.25) is 0 Å². The summed E-state index contributed by atoms with van der Waals surface area (Å²) in [6, 6.07) is 23.2. The van der Waals surface area contributed by atoms with Crippen LogP contribution in [0.2, 0.25) is 0 Å². The molecule has 1 atom stereocenters. The van der Waals surface area contributed by atoms with Gasteiger partial charge in [-0.1, -0.05) is 42.5 Å². The largest absolute Gasteiger partial charge is 0.399 e. The molecule has 20 heavy (non-hydrogen) atoms. The van der Waals surface area contributed by atoms with Crippen LogP contribution in [0.15, 0.2) is 71.6 Å². The number of anilines is 1. The lowest BCUT2D eigenvalue weighted by Crippen LogP contribution is -1.90. The number of rotatable bonds is 3. The van der Waals surface area contributed by atoms with E-state index in [1.165, 1.54) is 21.2 Å². The first kappa shape index (κ1) is 13.1. The zero-order valence-electron chi connectivity index (χ0n) is 11.4. The predicted octanol–water partition coefficient (Wildman–Crippen LogP) is 5.28. The number of nitrogens with two attached hydrogens (primary N) is 1. The van der Waals surface area contributed by atoms with Gasteiger partial charge in [-0.3, -0.25) is 0 Å². The van der Waals surface area contributed by atoms with Crippen LogP contribution >= 0.6 is 11.8 Å². The molecule has 2 N–H and O–H groups in total. The van der Waals surface area contributed by atoms with E-state index in [9.17, 15) is 0 Å². The highest BCUT2D eigenvalue weighted by Gasteiger charge is 2.07. The number of nitrogen functional groups attached to an aromatic ring is 1. The second-order valence-corrected chi connectivity index (χ2v) is 6.35. The first-order valence-electron chi connectivity index (χ1n) is 6.73. The highest BCUT2D eigenvalue weighted by Crippen LogP contribution is 2.36. The molecule has 0 heterocycles. The van der Waals surface area contributed by atoms with E-state index in [4.69, 9.17) is 5.73 Å². The molecule has 1 unspecified atom stereocenters. The maximum atomic E-state index is 5.73. The third-order valence-corrected chi connectivity index (χ3v) is 4.59. The summed E-state index contributed by atoms with van der Waals surface area (Å²) in [6.07, 6.45) is 0. The van der Waals surface area contributed by atoms with Crippen molar-refractivity contribution in [3.8, 4) is 0 Å². The lowest BCUT2D eigenvalue weighted by molar-refractivity contribution is 1.10. The van der Waals surface area contributed by atoms with E-state index in [0.717, 1.165) is 5.69 Å². The van der Waals surface area contributed by atoms with Gasteiger partial charge in [0.05, 0.1) is 0 Å². The van der Waals surface area contributed by atoms with Crippen molar-refractivity contribution < 1.29 is 0 Å². The Morgan fingerprint density at radius 2 is 1.55 bits per heavy atom. The molecule has 3 rings (SSSR count). The van der Waals surface area contributed by atoms with Crippen molar-refractivity contribution in [2.45, 2.75) is 17.1 Å². The van der Waals surface area contributed by atoms with Crippen LogP contribution in [0.3, 0.4) is 0 Å². The highest BCUT2D eigenvalue weighted by molar-refractivity contribution is 7.99. The quantitative estimate of drug-likeness (QED) is 0.521. The number of hydrogen-bond acceptors (Lipinski definition) is 2. The fourth-order valence-electron chi connectivity index (χ4n) is 2.28. The SMILES string of the molecule is CC(Sc1ccc2ccccc2c1)c1ccc(N)cc1. The standard InChI is InChI=1S/C18H17NS/c1-13(14-6-9-17(19)10-7-14)20-18-11-8-15-4-2-3-5-16(15)12-18/h2-13H,19H2,1H3. The summed E-state index contributed by atoms with van der Waals surface area (Å²) >= 11 is 1.88. The zero-order chi connectivity index (χ0) is 13.9. The summed E-state index contributed by atoms with van der Waals surface area (Å²) in [6.45, 7) is 2.23. The van der Waals surface area contributed by atoms with Gasteiger partial charge in [0, 0.05) is 15.8 Å². The molecule has 0 radical (unpaired) electrons. The molecule has 3 aromatic rings. The normalized spacial score (nSPS) is 12.4. The molecule has 0 aliphatic heterocycles. The van der Waals surface area contributed by atoms with Crippen molar-refractivity contribution in [3.63, 3.8) is 0 Å². The summed E-state index contributed by atoms with van der Waals surface area (Å²) in [7, 11) is 0. The second-order valence-electron chi connectivity index (χ2n) is 4.94. The Hall–Kier alpha value is -1.93. The molecule has 0 aromatic heterocycles. The Kier molecular flexibility index (Phi) is 3.66. The van der Waals surface area contributed by atoms with Crippen LogP contribution in [-0.2, 0) is 0 Å². The maximum absolute atomic E-state index is 5.73. The number of hydrogen-bond donors (Lipinski definition) is 1. The Morgan fingerprint density at radius 1 is 0.850 bits per heavy atom. The topological polar surface area (TPSA) is 26.0 Å². The summed E-state index contributed by atoms with van der Waals surface area (Å²) < 4.78 is 0. The van der Waals surface area contributed by atoms with Crippen LogP contribution in [0.4, 0.5) is 5.69 Å². The molecule has 2 heteroatoms. The molecule has 3 aromatic carbocycles. The van der Waals surface area contributed by atoms with Crippen molar-refractivity contribution in [3.05, 3.63) is 72.3 Å². The fourth-order valence-corrected chi connectivity index (χ4v) is 3.32. The Morgan fingerprint density at radius 3 is 2.30 bits per heavy atom. The number of benzene rings is 3. The summed E-state index contributed by atoms with van der Waals surface area (Å²) in [5.74, 6) is 0. The van der Waals surface area contributed by atoms with E-state index < -0.39 is 0 Å². The van der Waals surface area contributed by atoms with Crippen molar-refractivity contribution in [2.24, 2.45) is 0 Å². The molecule has 1 nitrogen and oxygen atoms in total. The van der Waals surface area contributed by atoms with E-state index in [2.05, 4.69) is 61.5 Å². The average Bonchev–Trinajstić information content (AvgIpc) is 2.48. The van der Waals surface area contributed by atoms with Crippen LogP contribution in [-0.4, -0.2) is 0 Å². The van der Waals surface area contributed by atoms with E-state index in [0.29, 0.717) is 5.25 Å². The Balaban J connectivity index is 1.83. The maximum Gasteiger partial charge on any atom is 0.0316 e. The third-order valence-electron chi connectivity index (χ3n) is 3.44. The first-order chi connectivity index (χ1) is 9.72. The summed E-state index contributed by atoms with van der Waals surface area (Å²) in [5, 5.41) is 3.00. The fraction of sp³-hybridized carbons (Fsp3) is 0.111. The summed E-state index contributed by atoms with van der Waals surface area (Å²) in [4.78, 5) is 1.30.